The third-order valence-electron chi connectivity index (χ3n) is 4.02. The summed E-state index contributed by atoms with van der Waals surface area (Å²) in [7, 11) is 2.08. The Balaban J connectivity index is 1.94. The summed E-state index contributed by atoms with van der Waals surface area (Å²) in [5.74, 6) is 0.638. The second-order valence-corrected chi connectivity index (χ2v) is 6.60. The molecule has 2 atom stereocenters. The van der Waals surface area contributed by atoms with Crippen LogP contribution in [-0.4, -0.2) is 7.05 Å². The topological polar surface area (TPSA) is 12.0 Å². The van der Waals surface area contributed by atoms with Crippen molar-refractivity contribution < 1.29 is 0 Å². The highest BCUT2D eigenvalue weighted by atomic mass is 32.1. The number of hydrogen-bond acceptors (Lipinski definition) is 2. The molecule has 1 heterocycles. The van der Waals surface area contributed by atoms with Crippen LogP contribution < -0.4 is 5.32 Å². The normalized spacial score (nSPS) is 19.2. The molecule has 1 aliphatic rings. The molecule has 0 spiro atoms. The fraction of sp³-hybridized carbons (Fsp3) is 0.375. The first-order chi connectivity index (χ1) is 8.70. The minimum absolute atomic E-state index is 0.463. The molecule has 1 nitrogen and oxygen atoms in total. The summed E-state index contributed by atoms with van der Waals surface area (Å²) >= 11 is 1.91. The van der Waals surface area contributed by atoms with Crippen LogP contribution in [0.15, 0.2) is 30.3 Å². The Hall–Kier alpha value is -1.12. The highest BCUT2D eigenvalue weighted by molar-refractivity contribution is 7.12. The largest absolute Gasteiger partial charge is 0.312 e. The maximum absolute atomic E-state index is 3.52. The van der Waals surface area contributed by atoms with Crippen LogP contribution in [0.2, 0.25) is 0 Å². The predicted molar refractivity (Wildman–Crippen MR) is 78.5 cm³/mol. The summed E-state index contributed by atoms with van der Waals surface area (Å²) in [6, 6.07) is 11.6. The van der Waals surface area contributed by atoms with E-state index in [0.717, 1.165) is 0 Å². The molecule has 1 aliphatic carbocycles. The van der Waals surface area contributed by atoms with Crippen LogP contribution in [0.3, 0.4) is 0 Å². The molecule has 0 amide bonds. The number of nitrogens with one attached hydrogen (secondary N) is 1. The van der Waals surface area contributed by atoms with Crippen molar-refractivity contribution in [3.05, 3.63) is 56.8 Å². The number of rotatable bonds is 3. The lowest BCUT2D eigenvalue weighted by molar-refractivity contribution is 0.438. The molecule has 0 fully saturated rings. The maximum Gasteiger partial charge on any atom is 0.0401 e. The molecular formula is C16H19NS. The van der Waals surface area contributed by atoms with Crippen molar-refractivity contribution in [2.75, 3.05) is 7.05 Å². The van der Waals surface area contributed by atoms with E-state index in [1.165, 1.54) is 32.9 Å². The summed E-state index contributed by atoms with van der Waals surface area (Å²) < 4.78 is 0. The highest BCUT2D eigenvalue weighted by Crippen LogP contribution is 2.45. The van der Waals surface area contributed by atoms with E-state index in [1.54, 1.807) is 0 Å². The third kappa shape index (κ3) is 1.80. The van der Waals surface area contributed by atoms with Crippen molar-refractivity contribution in [1.82, 2.24) is 5.32 Å². The van der Waals surface area contributed by atoms with Crippen LogP contribution in [0, 0.1) is 13.8 Å². The summed E-state index contributed by atoms with van der Waals surface area (Å²) in [6.07, 6.45) is 1.20. The van der Waals surface area contributed by atoms with E-state index in [1.807, 2.05) is 11.3 Å². The van der Waals surface area contributed by atoms with E-state index >= 15 is 0 Å². The van der Waals surface area contributed by atoms with Gasteiger partial charge in [0.25, 0.3) is 0 Å². The smallest absolute Gasteiger partial charge is 0.0401 e. The molecule has 1 aromatic carbocycles. The van der Waals surface area contributed by atoms with Gasteiger partial charge >= 0.3 is 0 Å². The number of aryl methyl sites for hydroxylation is 2. The Morgan fingerprint density at radius 2 is 2.06 bits per heavy atom. The minimum Gasteiger partial charge on any atom is -0.312 e. The van der Waals surface area contributed by atoms with E-state index in [0.29, 0.717) is 12.0 Å². The molecule has 2 unspecified atom stereocenters. The zero-order valence-electron chi connectivity index (χ0n) is 11.2. The number of likely N-dealkylation sites (N-methyl/N-ethyl adjacent to an activating group) is 1. The third-order valence-corrected chi connectivity index (χ3v) is 5.00. The van der Waals surface area contributed by atoms with Crippen LogP contribution in [0.25, 0.3) is 0 Å². The van der Waals surface area contributed by atoms with Gasteiger partial charge in [-0.1, -0.05) is 24.3 Å². The second kappa shape index (κ2) is 4.52. The highest BCUT2D eigenvalue weighted by Gasteiger charge is 2.33. The first kappa shape index (κ1) is 11.9. The SMILES string of the molecule is CNC(c1cc(C)sc1C)C1Cc2ccccc21. The molecule has 2 heteroatoms. The van der Waals surface area contributed by atoms with Crippen molar-refractivity contribution in [3.8, 4) is 0 Å². The van der Waals surface area contributed by atoms with Crippen molar-refractivity contribution in [3.63, 3.8) is 0 Å². The molecular weight excluding hydrogens is 238 g/mol. The molecule has 1 N–H and O–H groups in total. The Kier molecular flexibility index (Phi) is 3.00. The van der Waals surface area contributed by atoms with Gasteiger partial charge in [-0.25, -0.2) is 0 Å². The van der Waals surface area contributed by atoms with Crippen LogP contribution in [-0.2, 0) is 6.42 Å². The van der Waals surface area contributed by atoms with E-state index in [-0.39, 0.29) is 0 Å². The Morgan fingerprint density at radius 3 is 2.67 bits per heavy atom. The van der Waals surface area contributed by atoms with Gasteiger partial charge in [0.05, 0.1) is 0 Å². The Morgan fingerprint density at radius 1 is 1.28 bits per heavy atom. The number of thiophene rings is 1. The van der Waals surface area contributed by atoms with Gasteiger partial charge in [0.2, 0.25) is 0 Å². The van der Waals surface area contributed by atoms with Crippen molar-refractivity contribution in [1.29, 1.82) is 0 Å². The Bertz CT molecular complexity index is 570. The number of hydrogen-bond donors (Lipinski definition) is 1. The van der Waals surface area contributed by atoms with Crippen molar-refractivity contribution in [2.24, 2.45) is 0 Å². The monoisotopic (exact) mass is 257 g/mol. The molecule has 0 saturated heterocycles. The molecule has 2 aromatic rings. The number of fused-ring (bicyclic) bond motifs is 1. The first-order valence-corrected chi connectivity index (χ1v) is 7.34. The van der Waals surface area contributed by atoms with Gasteiger partial charge in [-0.15, -0.1) is 11.3 Å². The first-order valence-electron chi connectivity index (χ1n) is 6.52. The van der Waals surface area contributed by atoms with E-state index in [4.69, 9.17) is 0 Å². The predicted octanol–water partition coefficient (Wildman–Crippen LogP) is 3.97. The lowest BCUT2D eigenvalue weighted by atomic mass is 9.72. The van der Waals surface area contributed by atoms with Gasteiger partial charge in [-0.05, 0) is 50.1 Å². The Labute approximate surface area is 113 Å². The standard InChI is InChI=1S/C16H19NS/c1-10-8-14(11(2)18-10)16(17-3)15-9-12-6-4-5-7-13(12)15/h4-8,15-17H,9H2,1-3H3. The maximum atomic E-state index is 3.52. The summed E-state index contributed by atoms with van der Waals surface area (Å²) in [5.41, 5.74) is 4.53. The molecule has 94 valence electrons. The van der Waals surface area contributed by atoms with Crippen LogP contribution in [0.1, 0.15) is 38.4 Å². The van der Waals surface area contributed by atoms with Gasteiger partial charge in [0.15, 0.2) is 0 Å². The average Bonchev–Trinajstić information content (AvgIpc) is 2.65. The van der Waals surface area contributed by atoms with Gasteiger partial charge in [0.1, 0.15) is 0 Å². The minimum atomic E-state index is 0.463. The van der Waals surface area contributed by atoms with Gasteiger partial charge in [-0.3, -0.25) is 0 Å². The van der Waals surface area contributed by atoms with Gasteiger partial charge < -0.3 is 5.32 Å². The zero-order valence-corrected chi connectivity index (χ0v) is 12.0. The van der Waals surface area contributed by atoms with Crippen molar-refractivity contribution in [2.45, 2.75) is 32.2 Å². The van der Waals surface area contributed by atoms with E-state index in [2.05, 4.69) is 56.5 Å². The second-order valence-electron chi connectivity index (χ2n) is 5.14. The van der Waals surface area contributed by atoms with Gasteiger partial charge in [0, 0.05) is 21.7 Å². The molecule has 0 saturated carbocycles. The average molecular weight is 257 g/mol. The summed E-state index contributed by atoms with van der Waals surface area (Å²) in [6.45, 7) is 4.44. The fourth-order valence-electron chi connectivity index (χ4n) is 3.13. The quantitative estimate of drug-likeness (QED) is 0.877. The van der Waals surface area contributed by atoms with Crippen LogP contribution in [0.4, 0.5) is 0 Å². The van der Waals surface area contributed by atoms with E-state index < -0.39 is 0 Å². The lowest BCUT2D eigenvalue weighted by Crippen LogP contribution is -2.31. The van der Waals surface area contributed by atoms with Crippen LogP contribution >= 0.6 is 11.3 Å². The van der Waals surface area contributed by atoms with Crippen LogP contribution in [0.5, 0.6) is 0 Å². The summed E-state index contributed by atoms with van der Waals surface area (Å²) in [4.78, 5) is 2.87. The summed E-state index contributed by atoms with van der Waals surface area (Å²) in [5, 5.41) is 3.52. The molecule has 0 radical (unpaired) electrons. The molecule has 3 rings (SSSR count). The molecule has 0 aliphatic heterocycles. The van der Waals surface area contributed by atoms with Crippen molar-refractivity contribution >= 4 is 11.3 Å². The zero-order chi connectivity index (χ0) is 12.7. The molecule has 1 aromatic heterocycles. The molecule has 18 heavy (non-hydrogen) atoms. The number of benzene rings is 1. The lowest BCUT2D eigenvalue weighted by Gasteiger charge is -2.36. The van der Waals surface area contributed by atoms with E-state index in [9.17, 15) is 0 Å². The molecule has 0 bridgehead atoms. The fourth-order valence-corrected chi connectivity index (χ4v) is 4.10. The van der Waals surface area contributed by atoms with Gasteiger partial charge in [-0.2, -0.15) is 0 Å².